The number of aromatic nitrogens is 2. The highest BCUT2D eigenvalue weighted by Crippen LogP contribution is 2.18. The average Bonchev–Trinajstić information content (AvgIpc) is 2.74. The lowest BCUT2D eigenvalue weighted by atomic mass is 10.1. The molecule has 1 aliphatic rings. The van der Waals surface area contributed by atoms with Gasteiger partial charge in [0.25, 0.3) is 6.20 Å². The molecule has 21 heavy (non-hydrogen) atoms. The molecular formula is C12H21N4O4S+. The zero-order chi connectivity index (χ0) is 15.8. The van der Waals surface area contributed by atoms with E-state index >= 15 is 0 Å². The summed E-state index contributed by atoms with van der Waals surface area (Å²) in [6.45, 7) is 7.54. The van der Waals surface area contributed by atoms with Crippen LogP contribution in [0, 0.1) is 5.92 Å². The fourth-order valence-electron chi connectivity index (χ4n) is 2.27. The smallest absolute Gasteiger partial charge is 0.289 e. The maximum Gasteiger partial charge on any atom is 0.305 e. The molecule has 118 valence electrons. The Balaban J connectivity index is 2.16. The number of anilines is 1. The third kappa shape index (κ3) is 3.52. The van der Waals surface area contributed by atoms with Crippen molar-refractivity contribution in [3.8, 4) is 0 Å². The molecule has 1 amide bonds. The van der Waals surface area contributed by atoms with Gasteiger partial charge in [0.2, 0.25) is 11.2 Å². The van der Waals surface area contributed by atoms with Gasteiger partial charge in [0.15, 0.2) is 9.84 Å². The standard InChI is InChI=1S/C12H20N4O4S/c1-9(2)11(17)13-10-7-16(14-20-10)15-5-6-21(18,19)8-12(15,3)4/h7,9H,5-6,8H2,1-4H3/p+1. The Bertz CT molecular complexity index is 635. The van der Waals surface area contributed by atoms with Crippen molar-refractivity contribution in [2.45, 2.75) is 33.2 Å². The number of rotatable bonds is 3. The first-order valence-electron chi connectivity index (χ1n) is 6.79. The van der Waals surface area contributed by atoms with Crippen LogP contribution in [0.4, 0.5) is 5.88 Å². The van der Waals surface area contributed by atoms with Gasteiger partial charge in [-0.1, -0.05) is 13.8 Å². The van der Waals surface area contributed by atoms with E-state index in [-0.39, 0.29) is 29.2 Å². The molecule has 2 rings (SSSR count). The van der Waals surface area contributed by atoms with Gasteiger partial charge in [0.1, 0.15) is 5.54 Å². The van der Waals surface area contributed by atoms with E-state index < -0.39 is 15.4 Å². The zero-order valence-electron chi connectivity index (χ0n) is 12.7. The molecule has 1 aromatic heterocycles. The molecule has 9 heteroatoms. The summed E-state index contributed by atoms with van der Waals surface area (Å²) in [6, 6.07) is 0. The highest BCUT2D eigenvalue weighted by molar-refractivity contribution is 7.91. The Morgan fingerprint density at radius 1 is 1.52 bits per heavy atom. The van der Waals surface area contributed by atoms with Crippen molar-refractivity contribution in [1.82, 2.24) is 5.27 Å². The molecule has 1 fully saturated rings. The fraction of sp³-hybridized carbons (Fsp3) is 0.750. The normalized spacial score (nSPS) is 20.5. The molecule has 0 aliphatic carbocycles. The van der Waals surface area contributed by atoms with E-state index in [1.54, 1.807) is 20.0 Å². The minimum atomic E-state index is -3.04. The van der Waals surface area contributed by atoms with Gasteiger partial charge in [-0.25, -0.2) is 8.42 Å². The van der Waals surface area contributed by atoms with Crippen LogP contribution in [0.25, 0.3) is 0 Å². The van der Waals surface area contributed by atoms with E-state index in [0.29, 0.717) is 6.54 Å². The first-order valence-corrected chi connectivity index (χ1v) is 8.61. The minimum absolute atomic E-state index is 0.0492. The number of hydrogen-bond acceptors (Lipinski definition) is 6. The monoisotopic (exact) mass is 317 g/mol. The Hall–Kier alpha value is -1.64. The number of carbonyl (C=O) groups excluding carboxylic acids is 1. The number of sulfone groups is 1. The largest absolute Gasteiger partial charge is 0.305 e. The van der Waals surface area contributed by atoms with Gasteiger partial charge < -0.3 is 0 Å². The van der Waals surface area contributed by atoms with Crippen LogP contribution >= 0.6 is 0 Å². The molecule has 1 aliphatic heterocycles. The molecule has 0 aromatic carbocycles. The second-order valence-corrected chi connectivity index (χ2v) is 8.34. The molecule has 1 aromatic rings. The zero-order valence-corrected chi connectivity index (χ0v) is 13.5. The number of carbonyl (C=O) groups is 1. The van der Waals surface area contributed by atoms with E-state index in [1.165, 1.54) is 4.79 Å². The van der Waals surface area contributed by atoms with Crippen molar-refractivity contribution in [3.63, 3.8) is 0 Å². The van der Waals surface area contributed by atoms with Gasteiger partial charge in [-0.3, -0.25) is 14.6 Å². The van der Waals surface area contributed by atoms with Gasteiger partial charge in [0, 0.05) is 5.92 Å². The summed E-state index contributed by atoms with van der Waals surface area (Å²) in [5, 5.41) is 8.27. The third-order valence-electron chi connectivity index (χ3n) is 3.36. The van der Waals surface area contributed by atoms with Crippen LogP contribution < -0.4 is 15.1 Å². The maximum absolute atomic E-state index is 11.7. The van der Waals surface area contributed by atoms with Gasteiger partial charge in [-0.05, 0) is 13.8 Å². The van der Waals surface area contributed by atoms with Crippen LogP contribution in [0.5, 0.6) is 0 Å². The van der Waals surface area contributed by atoms with Crippen molar-refractivity contribution < 1.29 is 22.5 Å². The van der Waals surface area contributed by atoms with Crippen LogP contribution in [0.2, 0.25) is 0 Å². The van der Waals surface area contributed by atoms with E-state index in [1.807, 2.05) is 18.9 Å². The topological polar surface area (TPSA) is 96.4 Å². The summed E-state index contributed by atoms with van der Waals surface area (Å²) in [5.74, 6) is 0.0224. The van der Waals surface area contributed by atoms with Crippen molar-refractivity contribution in [3.05, 3.63) is 6.20 Å². The summed E-state index contributed by atoms with van der Waals surface area (Å²) in [4.78, 5) is 13.1. The lowest BCUT2D eigenvalue weighted by Gasteiger charge is -2.35. The quantitative estimate of drug-likeness (QED) is 0.769. The summed E-state index contributed by atoms with van der Waals surface area (Å²) in [6.07, 6.45) is 1.54. The van der Waals surface area contributed by atoms with Crippen molar-refractivity contribution in [1.29, 1.82) is 0 Å². The van der Waals surface area contributed by atoms with Crippen LogP contribution in [-0.2, 0) is 14.6 Å². The second kappa shape index (κ2) is 5.28. The van der Waals surface area contributed by atoms with Gasteiger partial charge in [0.05, 0.1) is 22.8 Å². The van der Waals surface area contributed by atoms with Crippen LogP contribution in [0.15, 0.2) is 10.7 Å². The first-order chi connectivity index (χ1) is 9.61. The predicted molar refractivity (Wildman–Crippen MR) is 76.0 cm³/mol. The Morgan fingerprint density at radius 2 is 2.19 bits per heavy atom. The number of nitrogens with zero attached hydrogens (tertiary/aromatic N) is 3. The molecule has 0 bridgehead atoms. The Kier molecular flexibility index (Phi) is 3.96. The number of hydrogen-bond donors (Lipinski definition) is 1. The first kappa shape index (κ1) is 15.7. The maximum atomic E-state index is 11.7. The Labute approximate surface area is 124 Å². The SMILES string of the molecule is CC(C)C(=O)Nc1c[n+](N2CCS(=O)(=O)CC2(C)C)no1. The molecule has 0 radical (unpaired) electrons. The van der Waals surface area contributed by atoms with Crippen LogP contribution in [0.3, 0.4) is 0 Å². The van der Waals surface area contributed by atoms with E-state index in [4.69, 9.17) is 4.52 Å². The van der Waals surface area contributed by atoms with Gasteiger partial charge in [-0.15, -0.1) is 5.01 Å². The average molecular weight is 317 g/mol. The highest BCUT2D eigenvalue weighted by atomic mass is 32.2. The van der Waals surface area contributed by atoms with E-state index in [9.17, 15) is 13.2 Å². The second-order valence-electron chi connectivity index (χ2n) is 6.16. The molecule has 0 spiro atoms. The molecule has 0 atom stereocenters. The lowest BCUT2D eigenvalue weighted by Crippen LogP contribution is -2.72. The fourth-order valence-corrected chi connectivity index (χ4v) is 4.09. The van der Waals surface area contributed by atoms with Crippen molar-refractivity contribution >= 4 is 21.6 Å². The number of nitrogens with one attached hydrogen (secondary N) is 1. The Morgan fingerprint density at radius 3 is 2.76 bits per heavy atom. The molecule has 0 saturated carbocycles. The highest BCUT2D eigenvalue weighted by Gasteiger charge is 2.44. The molecule has 1 saturated heterocycles. The molecule has 8 nitrogen and oxygen atoms in total. The predicted octanol–water partition coefficient (Wildman–Crippen LogP) is -0.298. The van der Waals surface area contributed by atoms with Gasteiger partial charge in [-0.2, -0.15) is 0 Å². The van der Waals surface area contributed by atoms with E-state index in [2.05, 4.69) is 10.6 Å². The summed E-state index contributed by atoms with van der Waals surface area (Å²) >= 11 is 0. The van der Waals surface area contributed by atoms with Crippen molar-refractivity contribution in [2.24, 2.45) is 5.92 Å². The molecule has 2 heterocycles. The third-order valence-corrected chi connectivity index (χ3v) is 5.31. The summed E-state index contributed by atoms with van der Waals surface area (Å²) < 4.78 is 28.5. The lowest BCUT2D eigenvalue weighted by molar-refractivity contribution is -0.764. The van der Waals surface area contributed by atoms with Crippen LogP contribution in [0.1, 0.15) is 27.7 Å². The summed E-state index contributed by atoms with van der Waals surface area (Å²) in [7, 11) is -3.04. The van der Waals surface area contributed by atoms with Crippen molar-refractivity contribution in [2.75, 3.05) is 28.4 Å². The number of amides is 1. The molecule has 1 N–H and O–H groups in total. The summed E-state index contributed by atoms with van der Waals surface area (Å²) in [5.41, 5.74) is -0.599. The minimum Gasteiger partial charge on any atom is -0.289 e. The molecular weight excluding hydrogens is 296 g/mol. The van der Waals surface area contributed by atoms with Gasteiger partial charge >= 0.3 is 5.88 Å². The van der Waals surface area contributed by atoms with E-state index in [0.717, 1.165) is 0 Å². The van der Waals surface area contributed by atoms with Crippen LogP contribution in [-0.4, -0.2) is 43.2 Å². The molecule has 0 unspecified atom stereocenters.